The number of benzene rings is 3. The molecule has 3 aromatic carbocycles. The first kappa shape index (κ1) is 22.3. The van der Waals surface area contributed by atoms with Gasteiger partial charge in [-0.1, -0.05) is 48.0 Å². The molecule has 34 heavy (non-hydrogen) atoms. The molecule has 4 aromatic rings. The highest BCUT2D eigenvalue weighted by Gasteiger charge is 2.25. The highest BCUT2D eigenvalue weighted by molar-refractivity contribution is 7.91. The smallest absolute Gasteiger partial charge is 0.211 e. The Morgan fingerprint density at radius 2 is 1.68 bits per heavy atom. The monoisotopic (exact) mass is 476 g/mol. The third-order valence-corrected chi connectivity index (χ3v) is 8.10. The molecule has 0 bridgehead atoms. The van der Waals surface area contributed by atoms with E-state index in [-0.39, 0.29) is 15.2 Å². The quantitative estimate of drug-likeness (QED) is 0.410. The molecule has 7 heteroatoms. The molecule has 0 atom stereocenters. The van der Waals surface area contributed by atoms with Crippen molar-refractivity contribution in [1.82, 2.24) is 4.57 Å². The molecule has 1 saturated heterocycles. The van der Waals surface area contributed by atoms with Gasteiger partial charge in [-0.3, -0.25) is 4.79 Å². The lowest BCUT2D eigenvalue weighted by atomic mass is 10.1. The highest BCUT2D eigenvalue weighted by atomic mass is 32.2. The number of aryl methyl sites for hydroxylation is 1. The third kappa shape index (κ3) is 4.01. The molecule has 0 spiro atoms. The van der Waals surface area contributed by atoms with Gasteiger partial charge < -0.3 is 9.47 Å². The van der Waals surface area contributed by atoms with Crippen LogP contribution >= 0.6 is 0 Å². The van der Waals surface area contributed by atoms with E-state index in [1.165, 1.54) is 24.4 Å². The number of nitrogens with zero attached hydrogens (tertiary/aromatic N) is 2. The summed E-state index contributed by atoms with van der Waals surface area (Å²) >= 11 is 0. The second-order valence-electron chi connectivity index (χ2n) is 8.77. The summed E-state index contributed by atoms with van der Waals surface area (Å²) in [4.78, 5) is 15.1. The summed E-state index contributed by atoms with van der Waals surface area (Å²) in [6.45, 7) is 3.84. The van der Waals surface area contributed by atoms with Crippen LogP contribution in [0.2, 0.25) is 0 Å². The van der Waals surface area contributed by atoms with E-state index in [4.69, 9.17) is 0 Å². The summed E-state index contributed by atoms with van der Waals surface area (Å²) in [5, 5.41) is 0.0603. The molecule has 0 amide bonds. The van der Waals surface area contributed by atoms with Crippen LogP contribution in [0, 0.1) is 12.7 Å². The third-order valence-electron chi connectivity index (χ3n) is 6.34. The molecule has 174 valence electrons. The topological polar surface area (TPSA) is 59.4 Å². The average molecular weight is 477 g/mol. The van der Waals surface area contributed by atoms with Gasteiger partial charge in [0.2, 0.25) is 15.3 Å². The second-order valence-corrected chi connectivity index (χ2v) is 10.7. The van der Waals surface area contributed by atoms with Crippen molar-refractivity contribution in [1.29, 1.82) is 0 Å². The standard InChI is InChI=1S/C27H25FN2O3S/c1-19-8-7-9-20(14-19)17-30-18-26(34(32,33)21-10-3-2-4-11-21)27(31)22-15-23(28)25(16-24(22)30)29-12-5-6-13-29/h2-4,7-11,14-16,18H,5-6,12-13,17H2,1H3. The van der Waals surface area contributed by atoms with E-state index in [1.807, 2.05) is 36.1 Å². The largest absolute Gasteiger partial charge is 0.369 e. The second kappa shape index (κ2) is 8.72. The van der Waals surface area contributed by atoms with Gasteiger partial charge in [-0.25, -0.2) is 12.8 Å². The van der Waals surface area contributed by atoms with Gasteiger partial charge in [0.15, 0.2) is 0 Å². The van der Waals surface area contributed by atoms with Crippen LogP contribution in [0.3, 0.4) is 0 Å². The maximum Gasteiger partial charge on any atom is 0.211 e. The fraction of sp³-hybridized carbons (Fsp3) is 0.222. The van der Waals surface area contributed by atoms with Gasteiger partial charge in [0.1, 0.15) is 10.7 Å². The lowest BCUT2D eigenvalue weighted by Crippen LogP contribution is -2.22. The van der Waals surface area contributed by atoms with Gasteiger partial charge in [0.25, 0.3) is 0 Å². The average Bonchev–Trinajstić information content (AvgIpc) is 3.36. The fourth-order valence-electron chi connectivity index (χ4n) is 4.63. The molecular weight excluding hydrogens is 451 g/mol. The first-order valence-corrected chi connectivity index (χ1v) is 12.8. The van der Waals surface area contributed by atoms with Gasteiger partial charge in [-0.15, -0.1) is 0 Å². The Balaban J connectivity index is 1.77. The van der Waals surface area contributed by atoms with E-state index >= 15 is 4.39 Å². The first-order chi connectivity index (χ1) is 16.3. The minimum absolute atomic E-state index is 0.0303. The van der Waals surface area contributed by atoms with Gasteiger partial charge >= 0.3 is 0 Å². The number of rotatable bonds is 5. The van der Waals surface area contributed by atoms with E-state index in [0.717, 1.165) is 37.1 Å². The van der Waals surface area contributed by atoms with E-state index in [1.54, 1.807) is 28.8 Å². The van der Waals surface area contributed by atoms with Crippen molar-refractivity contribution >= 4 is 26.4 Å². The van der Waals surface area contributed by atoms with Crippen molar-refractivity contribution in [3.8, 4) is 0 Å². The molecule has 2 heterocycles. The number of sulfone groups is 1. The predicted octanol–water partition coefficient (Wildman–Crippen LogP) is 4.93. The predicted molar refractivity (Wildman–Crippen MR) is 132 cm³/mol. The van der Waals surface area contributed by atoms with Crippen molar-refractivity contribution < 1.29 is 12.8 Å². The lowest BCUT2D eigenvalue weighted by molar-refractivity contribution is 0.593. The van der Waals surface area contributed by atoms with E-state index in [2.05, 4.69) is 0 Å². The Labute approximate surface area is 198 Å². The molecule has 0 N–H and O–H groups in total. The van der Waals surface area contributed by atoms with Gasteiger partial charge in [0.05, 0.1) is 21.5 Å². The van der Waals surface area contributed by atoms with E-state index < -0.39 is 21.1 Å². The summed E-state index contributed by atoms with van der Waals surface area (Å²) in [6.07, 6.45) is 3.38. The van der Waals surface area contributed by atoms with Crippen LogP contribution < -0.4 is 10.3 Å². The number of anilines is 1. The van der Waals surface area contributed by atoms with Crippen molar-refractivity contribution in [3.63, 3.8) is 0 Å². The van der Waals surface area contributed by atoms with E-state index in [9.17, 15) is 13.2 Å². The molecule has 1 aromatic heterocycles. The highest BCUT2D eigenvalue weighted by Crippen LogP contribution is 2.29. The molecular formula is C27H25FN2O3S. The van der Waals surface area contributed by atoms with Crippen LogP contribution in [0.4, 0.5) is 10.1 Å². The number of fused-ring (bicyclic) bond motifs is 1. The van der Waals surface area contributed by atoms with Crippen molar-refractivity contribution in [3.05, 3.63) is 100 Å². The van der Waals surface area contributed by atoms with Crippen molar-refractivity contribution in [2.75, 3.05) is 18.0 Å². The molecule has 5 nitrogen and oxygen atoms in total. The Bertz CT molecular complexity index is 1540. The Hall–Kier alpha value is -3.45. The van der Waals surface area contributed by atoms with E-state index in [0.29, 0.717) is 17.7 Å². The maximum atomic E-state index is 15.2. The molecule has 1 fully saturated rings. The van der Waals surface area contributed by atoms with Crippen LogP contribution in [-0.2, 0) is 16.4 Å². The van der Waals surface area contributed by atoms with Crippen LogP contribution in [0.5, 0.6) is 0 Å². The van der Waals surface area contributed by atoms with Gasteiger partial charge in [-0.2, -0.15) is 0 Å². The zero-order valence-corrected chi connectivity index (χ0v) is 19.7. The molecule has 0 aliphatic carbocycles. The minimum atomic E-state index is -4.09. The summed E-state index contributed by atoms with van der Waals surface area (Å²) in [7, 11) is -4.09. The fourth-order valence-corrected chi connectivity index (χ4v) is 6.02. The zero-order chi connectivity index (χ0) is 23.9. The van der Waals surface area contributed by atoms with Crippen molar-refractivity contribution in [2.24, 2.45) is 0 Å². The van der Waals surface area contributed by atoms with Gasteiger partial charge in [-0.05, 0) is 49.6 Å². The van der Waals surface area contributed by atoms with Crippen molar-refractivity contribution in [2.45, 2.75) is 36.1 Å². The molecule has 1 aliphatic rings. The Morgan fingerprint density at radius 1 is 0.941 bits per heavy atom. The number of hydrogen-bond acceptors (Lipinski definition) is 4. The summed E-state index contributed by atoms with van der Waals surface area (Å²) < 4.78 is 43.7. The minimum Gasteiger partial charge on any atom is -0.369 e. The molecule has 5 rings (SSSR count). The Morgan fingerprint density at radius 3 is 2.38 bits per heavy atom. The molecule has 0 saturated carbocycles. The van der Waals surface area contributed by atoms with Crippen LogP contribution in [0.1, 0.15) is 24.0 Å². The maximum absolute atomic E-state index is 15.2. The van der Waals surface area contributed by atoms with Gasteiger partial charge in [0, 0.05) is 25.8 Å². The normalized spacial score (nSPS) is 14.1. The number of halogens is 1. The van der Waals surface area contributed by atoms with Crippen LogP contribution in [0.15, 0.2) is 87.5 Å². The number of pyridine rings is 1. The Kier molecular flexibility index (Phi) is 5.73. The summed E-state index contributed by atoms with van der Waals surface area (Å²) in [5.74, 6) is -0.511. The van der Waals surface area contributed by atoms with Crippen LogP contribution in [-0.4, -0.2) is 26.1 Å². The van der Waals surface area contributed by atoms with Crippen LogP contribution in [0.25, 0.3) is 10.9 Å². The molecule has 1 aliphatic heterocycles. The molecule has 0 unspecified atom stereocenters. The zero-order valence-electron chi connectivity index (χ0n) is 18.9. The SMILES string of the molecule is Cc1cccc(Cn2cc(S(=O)(=O)c3ccccc3)c(=O)c3cc(F)c(N4CCCC4)cc32)c1. The number of aromatic nitrogens is 1. The first-order valence-electron chi connectivity index (χ1n) is 11.3. The summed E-state index contributed by atoms with van der Waals surface area (Å²) in [5.41, 5.74) is 2.30. The lowest BCUT2D eigenvalue weighted by Gasteiger charge is -2.21. The summed E-state index contributed by atoms with van der Waals surface area (Å²) in [6, 6.07) is 18.6. The molecule has 0 radical (unpaired) electrons. The number of hydrogen-bond donors (Lipinski definition) is 0.